The maximum absolute atomic E-state index is 9.76. The van der Waals surface area contributed by atoms with Gasteiger partial charge in [0.25, 0.3) is 0 Å². The lowest BCUT2D eigenvalue weighted by atomic mass is 10.1. The summed E-state index contributed by atoms with van der Waals surface area (Å²) in [6.45, 7) is 5.93. The van der Waals surface area contributed by atoms with Gasteiger partial charge in [0.1, 0.15) is 0 Å². The zero-order chi connectivity index (χ0) is 9.84. The maximum atomic E-state index is 9.76. The summed E-state index contributed by atoms with van der Waals surface area (Å²) in [4.78, 5) is 1.00. The lowest BCUT2D eigenvalue weighted by Crippen LogP contribution is -1.95. The number of thiophene rings is 1. The van der Waals surface area contributed by atoms with Gasteiger partial charge in [-0.1, -0.05) is 19.1 Å². The molecule has 0 aromatic carbocycles. The van der Waals surface area contributed by atoms with Crippen molar-refractivity contribution in [3.63, 3.8) is 0 Å². The summed E-state index contributed by atoms with van der Waals surface area (Å²) in [5.41, 5.74) is 1.09. The van der Waals surface area contributed by atoms with Gasteiger partial charge in [0.2, 0.25) is 0 Å². The summed E-state index contributed by atoms with van der Waals surface area (Å²) in [6.07, 6.45) is 1.22. The van der Waals surface area contributed by atoms with Gasteiger partial charge in [-0.3, -0.25) is 0 Å². The molecule has 1 atom stereocenters. The molecule has 13 heavy (non-hydrogen) atoms. The highest BCUT2D eigenvalue weighted by Gasteiger charge is 2.10. The van der Waals surface area contributed by atoms with Gasteiger partial charge in [0.05, 0.1) is 9.89 Å². The molecular weight excluding hydrogens is 248 g/mol. The van der Waals surface area contributed by atoms with E-state index in [-0.39, 0.29) is 6.10 Å². The molecule has 0 amide bonds. The van der Waals surface area contributed by atoms with Crippen molar-refractivity contribution in [1.82, 2.24) is 0 Å². The van der Waals surface area contributed by atoms with Crippen LogP contribution >= 0.6 is 27.3 Å². The highest BCUT2D eigenvalue weighted by molar-refractivity contribution is 9.11. The van der Waals surface area contributed by atoms with Crippen molar-refractivity contribution in [2.75, 3.05) is 0 Å². The molecule has 72 valence electrons. The van der Waals surface area contributed by atoms with Crippen LogP contribution in [0.5, 0.6) is 0 Å². The van der Waals surface area contributed by atoms with Crippen LogP contribution in [0.4, 0.5) is 0 Å². The van der Waals surface area contributed by atoms with Crippen LogP contribution in [0.2, 0.25) is 0 Å². The van der Waals surface area contributed by atoms with Crippen LogP contribution in [0.3, 0.4) is 0 Å². The van der Waals surface area contributed by atoms with Gasteiger partial charge in [0, 0.05) is 4.88 Å². The zero-order valence-electron chi connectivity index (χ0n) is 7.59. The molecule has 0 spiro atoms. The van der Waals surface area contributed by atoms with Crippen LogP contribution in [-0.2, 0) is 0 Å². The Morgan fingerprint density at radius 2 is 2.38 bits per heavy atom. The van der Waals surface area contributed by atoms with Gasteiger partial charge in [-0.25, -0.2) is 0 Å². The molecule has 0 radical (unpaired) electrons. The molecule has 0 bridgehead atoms. The summed E-state index contributed by atoms with van der Waals surface area (Å²) < 4.78 is 1.06. The van der Waals surface area contributed by atoms with Crippen molar-refractivity contribution < 1.29 is 5.11 Å². The minimum absolute atomic E-state index is 0.385. The lowest BCUT2D eigenvalue weighted by Gasteiger charge is -2.08. The molecule has 1 aromatic rings. The summed E-state index contributed by atoms with van der Waals surface area (Å²) in [5.74, 6) is 0. The number of hydrogen-bond acceptors (Lipinski definition) is 2. The predicted octanol–water partition coefficient (Wildman–Crippen LogP) is 3.90. The molecular formula is C10H13BrOS. The van der Waals surface area contributed by atoms with E-state index in [2.05, 4.69) is 29.4 Å². The van der Waals surface area contributed by atoms with E-state index in [1.54, 1.807) is 11.3 Å². The first-order chi connectivity index (χ1) is 6.13. The Morgan fingerprint density at radius 1 is 1.69 bits per heavy atom. The average Bonchev–Trinajstić information content (AvgIpc) is 2.51. The van der Waals surface area contributed by atoms with E-state index in [4.69, 9.17) is 0 Å². The Hall–Kier alpha value is -0.120. The summed E-state index contributed by atoms with van der Waals surface area (Å²) in [6, 6.07) is 3.90. The van der Waals surface area contributed by atoms with E-state index >= 15 is 0 Å². The Balaban J connectivity index is 2.58. The monoisotopic (exact) mass is 260 g/mol. The quantitative estimate of drug-likeness (QED) is 0.815. The topological polar surface area (TPSA) is 20.2 Å². The van der Waals surface area contributed by atoms with Crippen LogP contribution in [0.1, 0.15) is 30.7 Å². The molecule has 0 aliphatic rings. The van der Waals surface area contributed by atoms with Crippen LogP contribution in [0, 0.1) is 0 Å². The fourth-order valence-corrected chi connectivity index (χ4v) is 2.44. The zero-order valence-corrected chi connectivity index (χ0v) is 9.99. The minimum Gasteiger partial charge on any atom is -0.387 e. The van der Waals surface area contributed by atoms with E-state index < -0.39 is 0 Å². The molecule has 1 heterocycles. The molecule has 0 aliphatic heterocycles. The molecule has 0 aliphatic carbocycles. The van der Waals surface area contributed by atoms with E-state index in [9.17, 15) is 5.11 Å². The summed E-state index contributed by atoms with van der Waals surface area (Å²) in [7, 11) is 0. The average molecular weight is 261 g/mol. The van der Waals surface area contributed by atoms with Crippen molar-refractivity contribution >= 4 is 27.3 Å². The first-order valence-corrected chi connectivity index (χ1v) is 5.84. The van der Waals surface area contributed by atoms with Gasteiger partial charge in [-0.2, -0.15) is 0 Å². The van der Waals surface area contributed by atoms with Gasteiger partial charge >= 0.3 is 0 Å². The van der Waals surface area contributed by atoms with Crippen molar-refractivity contribution in [2.24, 2.45) is 0 Å². The molecule has 1 unspecified atom stereocenters. The van der Waals surface area contributed by atoms with Crippen LogP contribution < -0.4 is 0 Å². The van der Waals surface area contributed by atoms with Gasteiger partial charge < -0.3 is 5.11 Å². The van der Waals surface area contributed by atoms with E-state index in [0.29, 0.717) is 6.42 Å². The molecule has 1 nitrogen and oxygen atoms in total. The van der Waals surface area contributed by atoms with Crippen LogP contribution in [-0.4, -0.2) is 5.11 Å². The third-order valence-corrected chi connectivity index (χ3v) is 3.63. The van der Waals surface area contributed by atoms with E-state index in [0.717, 1.165) is 20.7 Å². The molecule has 1 aromatic heterocycles. The predicted molar refractivity (Wildman–Crippen MR) is 61.0 cm³/mol. The standard InChI is InChI=1S/C10H13BrOS/c1-3-7(2)6-8(12)9-4-5-10(11)13-9/h4-5,8,12H,2-3,6H2,1H3. The molecule has 1 N–H and O–H groups in total. The second-order valence-corrected chi connectivity index (χ2v) is 5.46. The third kappa shape index (κ3) is 3.25. The maximum Gasteiger partial charge on any atom is 0.0919 e. The van der Waals surface area contributed by atoms with Gasteiger partial charge in [-0.15, -0.1) is 11.3 Å². The number of halogens is 1. The normalized spacial score (nSPS) is 12.8. The minimum atomic E-state index is -0.385. The number of rotatable bonds is 4. The highest BCUT2D eigenvalue weighted by atomic mass is 79.9. The Bertz CT molecular complexity index is 293. The van der Waals surface area contributed by atoms with Crippen molar-refractivity contribution in [3.8, 4) is 0 Å². The van der Waals surface area contributed by atoms with E-state index in [1.165, 1.54) is 0 Å². The van der Waals surface area contributed by atoms with Gasteiger partial charge in [-0.05, 0) is 40.9 Å². The van der Waals surface area contributed by atoms with Crippen molar-refractivity contribution in [1.29, 1.82) is 0 Å². The Morgan fingerprint density at radius 3 is 2.85 bits per heavy atom. The first kappa shape index (κ1) is 11.0. The number of aliphatic hydroxyl groups is 1. The second-order valence-electron chi connectivity index (χ2n) is 2.97. The Kier molecular flexibility index (Phi) is 4.16. The fourth-order valence-electron chi connectivity index (χ4n) is 1.03. The van der Waals surface area contributed by atoms with Crippen LogP contribution in [0.15, 0.2) is 28.1 Å². The largest absolute Gasteiger partial charge is 0.387 e. The Labute approximate surface area is 91.2 Å². The van der Waals surface area contributed by atoms with Crippen LogP contribution in [0.25, 0.3) is 0 Å². The first-order valence-electron chi connectivity index (χ1n) is 4.23. The second kappa shape index (κ2) is 4.94. The SMILES string of the molecule is C=C(CC)CC(O)c1ccc(Br)s1. The smallest absolute Gasteiger partial charge is 0.0919 e. The molecule has 0 saturated heterocycles. The number of hydrogen-bond donors (Lipinski definition) is 1. The van der Waals surface area contributed by atoms with E-state index in [1.807, 2.05) is 12.1 Å². The van der Waals surface area contributed by atoms with Crippen molar-refractivity contribution in [2.45, 2.75) is 25.9 Å². The fraction of sp³-hybridized carbons (Fsp3) is 0.400. The van der Waals surface area contributed by atoms with Gasteiger partial charge in [0.15, 0.2) is 0 Å². The van der Waals surface area contributed by atoms with Crippen molar-refractivity contribution in [3.05, 3.63) is 32.9 Å². The molecule has 0 saturated carbocycles. The lowest BCUT2D eigenvalue weighted by molar-refractivity contribution is 0.181. The number of aliphatic hydroxyl groups excluding tert-OH is 1. The molecule has 0 fully saturated rings. The highest BCUT2D eigenvalue weighted by Crippen LogP contribution is 2.30. The molecule has 1 rings (SSSR count). The third-order valence-electron chi connectivity index (χ3n) is 1.90. The molecule has 3 heteroatoms. The summed E-state index contributed by atoms with van der Waals surface area (Å²) in [5, 5.41) is 9.76. The summed E-state index contributed by atoms with van der Waals surface area (Å²) >= 11 is 4.94.